The number of nitrogens with one attached hydrogen (secondary N) is 1. The first-order valence-electron chi connectivity index (χ1n) is 11.9. The fourth-order valence-electron chi connectivity index (χ4n) is 4.26. The molecule has 182 valence electrons. The van der Waals surface area contributed by atoms with Gasteiger partial charge in [-0.15, -0.1) is 0 Å². The fourth-order valence-corrected chi connectivity index (χ4v) is 4.26. The first-order valence-corrected chi connectivity index (χ1v) is 11.9. The van der Waals surface area contributed by atoms with E-state index in [1.165, 1.54) is 0 Å². The van der Waals surface area contributed by atoms with Crippen LogP contribution in [0.3, 0.4) is 0 Å². The van der Waals surface area contributed by atoms with Crippen molar-refractivity contribution in [3.63, 3.8) is 0 Å². The van der Waals surface area contributed by atoms with Gasteiger partial charge in [0.15, 0.2) is 6.10 Å². The topological polar surface area (TPSA) is 68.4 Å². The van der Waals surface area contributed by atoms with E-state index in [2.05, 4.69) is 4.98 Å². The third-order valence-corrected chi connectivity index (χ3v) is 6.13. The molecule has 1 atom stereocenters. The van der Waals surface area contributed by atoms with Gasteiger partial charge in [-0.05, 0) is 35.4 Å². The number of ketones is 1. The molecule has 0 fully saturated rings. The van der Waals surface area contributed by atoms with Crippen LogP contribution in [0.4, 0.5) is 0 Å². The number of methoxy groups -OCH3 is 1. The molecule has 0 aliphatic heterocycles. The first kappa shape index (κ1) is 23.8. The molecule has 0 aliphatic carbocycles. The number of H-pyrrole nitrogens is 1. The van der Waals surface area contributed by atoms with Gasteiger partial charge in [0.1, 0.15) is 5.75 Å². The van der Waals surface area contributed by atoms with Crippen molar-refractivity contribution in [3.8, 4) is 5.75 Å². The van der Waals surface area contributed by atoms with Crippen molar-refractivity contribution in [3.05, 3.63) is 138 Å². The maximum atomic E-state index is 13.8. The highest BCUT2D eigenvalue weighted by Crippen LogP contribution is 2.30. The average Bonchev–Trinajstić information content (AvgIpc) is 3.39. The van der Waals surface area contributed by atoms with Crippen LogP contribution in [-0.4, -0.2) is 23.8 Å². The molecule has 5 nitrogen and oxygen atoms in total. The number of benzene rings is 4. The Hall–Kier alpha value is -4.90. The van der Waals surface area contributed by atoms with Crippen molar-refractivity contribution in [2.45, 2.75) is 6.10 Å². The van der Waals surface area contributed by atoms with Crippen molar-refractivity contribution < 1.29 is 19.1 Å². The minimum absolute atomic E-state index is 0.300. The Morgan fingerprint density at radius 1 is 0.811 bits per heavy atom. The van der Waals surface area contributed by atoms with Gasteiger partial charge >= 0.3 is 5.97 Å². The number of fused-ring (bicyclic) bond motifs is 1. The maximum Gasteiger partial charge on any atom is 0.339 e. The molecule has 4 aromatic carbocycles. The van der Waals surface area contributed by atoms with Gasteiger partial charge in [-0.25, -0.2) is 4.79 Å². The molecule has 0 radical (unpaired) electrons. The largest absolute Gasteiger partial charge is 0.497 e. The van der Waals surface area contributed by atoms with Gasteiger partial charge in [-0.2, -0.15) is 0 Å². The van der Waals surface area contributed by atoms with Crippen molar-refractivity contribution in [2.24, 2.45) is 0 Å². The van der Waals surface area contributed by atoms with Gasteiger partial charge in [0.25, 0.3) is 0 Å². The van der Waals surface area contributed by atoms with E-state index in [-0.39, 0.29) is 5.78 Å². The lowest BCUT2D eigenvalue weighted by Crippen LogP contribution is -2.21. The molecule has 0 saturated heterocycles. The first-order chi connectivity index (χ1) is 18.1. The molecular weight excluding hydrogens is 462 g/mol. The summed E-state index contributed by atoms with van der Waals surface area (Å²) in [7, 11) is 1.59. The van der Waals surface area contributed by atoms with Crippen LogP contribution < -0.4 is 4.74 Å². The number of esters is 1. The molecule has 1 heterocycles. The van der Waals surface area contributed by atoms with E-state index < -0.39 is 12.1 Å². The van der Waals surface area contributed by atoms with Crippen molar-refractivity contribution >= 4 is 34.3 Å². The Bertz CT molecular complexity index is 1570. The molecule has 37 heavy (non-hydrogen) atoms. The minimum atomic E-state index is -1.12. The molecule has 5 heteroatoms. The van der Waals surface area contributed by atoms with E-state index in [4.69, 9.17) is 9.47 Å². The standard InChI is InChI=1S/C32H25NO4/c1-36-25-16-10-11-22(19-25)20-27(23-12-4-2-5-13-23)32(35)37-31(24-14-6-3-7-15-24)30(34)28-21-33-29-18-9-8-17-26(28)29/h2-21,31,33H,1H3/b27-20+. The van der Waals surface area contributed by atoms with Gasteiger partial charge in [0, 0.05) is 28.2 Å². The van der Waals surface area contributed by atoms with E-state index in [1.54, 1.807) is 31.5 Å². The Morgan fingerprint density at radius 3 is 2.27 bits per heavy atom. The molecule has 1 N–H and O–H groups in total. The van der Waals surface area contributed by atoms with Crippen LogP contribution in [0.25, 0.3) is 22.6 Å². The zero-order valence-corrected chi connectivity index (χ0v) is 20.3. The van der Waals surface area contributed by atoms with Crippen molar-refractivity contribution in [2.75, 3.05) is 7.11 Å². The van der Waals surface area contributed by atoms with Gasteiger partial charge in [0.2, 0.25) is 5.78 Å². The second-order valence-electron chi connectivity index (χ2n) is 8.51. The molecule has 5 aromatic rings. The summed E-state index contributed by atoms with van der Waals surface area (Å²) in [5.74, 6) is -0.229. The zero-order valence-electron chi connectivity index (χ0n) is 20.3. The van der Waals surface area contributed by atoms with Crippen LogP contribution in [0.2, 0.25) is 0 Å². The summed E-state index contributed by atoms with van der Waals surface area (Å²) in [6.07, 6.45) is 2.30. The number of carbonyl (C=O) groups excluding carboxylic acids is 2. The lowest BCUT2D eigenvalue weighted by molar-refractivity contribution is -0.140. The summed E-state index contributed by atoms with van der Waals surface area (Å²) in [5, 5.41) is 0.777. The SMILES string of the molecule is COc1cccc(/C=C(/C(=O)OC(C(=O)c2c[nH]c3ccccc23)c2ccccc2)c2ccccc2)c1. The number of hydrogen-bond donors (Lipinski definition) is 1. The number of hydrogen-bond acceptors (Lipinski definition) is 4. The summed E-state index contributed by atoms with van der Waals surface area (Å²) in [6, 6.07) is 33.3. The highest BCUT2D eigenvalue weighted by molar-refractivity contribution is 6.22. The molecule has 1 unspecified atom stereocenters. The lowest BCUT2D eigenvalue weighted by Gasteiger charge is -2.18. The highest BCUT2D eigenvalue weighted by atomic mass is 16.5. The highest BCUT2D eigenvalue weighted by Gasteiger charge is 2.29. The van der Waals surface area contributed by atoms with Crippen molar-refractivity contribution in [1.29, 1.82) is 0 Å². The van der Waals surface area contributed by atoms with E-state index in [1.807, 2.05) is 97.1 Å². The maximum absolute atomic E-state index is 13.8. The smallest absolute Gasteiger partial charge is 0.339 e. The zero-order chi connectivity index (χ0) is 25.6. The molecule has 0 aliphatic rings. The minimum Gasteiger partial charge on any atom is -0.497 e. The van der Waals surface area contributed by atoms with Gasteiger partial charge in [-0.3, -0.25) is 4.79 Å². The molecular formula is C32H25NO4. The van der Waals surface area contributed by atoms with E-state index in [0.717, 1.165) is 16.5 Å². The van der Waals surface area contributed by atoms with Gasteiger partial charge in [-0.1, -0.05) is 91.0 Å². The lowest BCUT2D eigenvalue weighted by atomic mass is 9.98. The quantitative estimate of drug-likeness (QED) is 0.112. The predicted molar refractivity (Wildman–Crippen MR) is 145 cm³/mol. The number of aromatic amines is 1. The second-order valence-corrected chi connectivity index (χ2v) is 8.51. The third kappa shape index (κ3) is 5.21. The van der Waals surface area contributed by atoms with Crippen LogP contribution in [0.1, 0.15) is 33.2 Å². The van der Waals surface area contributed by atoms with E-state index in [9.17, 15) is 9.59 Å². The van der Waals surface area contributed by atoms with Crippen molar-refractivity contribution in [1.82, 2.24) is 4.98 Å². The summed E-state index contributed by atoms with van der Waals surface area (Å²) in [5.41, 5.74) is 3.69. The van der Waals surface area contributed by atoms with Crippen LogP contribution in [0, 0.1) is 0 Å². The normalized spacial score (nSPS) is 12.2. The predicted octanol–water partition coefficient (Wildman–Crippen LogP) is 6.88. The van der Waals surface area contributed by atoms with Crippen LogP contribution in [0.15, 0.2) is 115 Å². The number of aromatic nitrogens is 1. The average molecular weight is 488 g/mol. The summed E-state index contributed by atoms with van der Waals surface area (Å²) < 4.78 is 11.4. The molecule has 1 aromatic heterocycles. The Kier molecular flexibility index (Phi) is 6.95. The third-order valence-electron chi connectivity index (χ3n) is 6.13. The number of carbonyl (C=O) groups is 2. The number of ether oxygens (including phenoxy) is 2. The van der Waals surface area contributed by atoms with E-state index in [0.29, 0.717) is 28.0 Å². The summed E-state index contributed by atoms with van der Waals surface area (Å²) in [6.45, 7) is 0. The summed E-state index contributed by atoms with van der Waals surface area (Å²) >= 11 is 0. The number of Topliss-reactive ketones (excluding diaryl/α,β-unsaturated/α-hetero) is 1. The van der Waals surface area contributed by atoms with Gasteiger partial charge in [0.05, 0.1) is 12.7 Å². The molecule has 5 rings (SSSR count). The number of para-hydroxylation sites is 1. The molecule has 0 saturated carbocycles. The molecule has 0 amide bonds. The van der Waals surface area contributed by atoms with Crippen LogP contribution in [-0.2, 0) is 9.53 Å². The molecule has 0 bridgehead atoms. The van der Waals surface area contributed by atoms with E-state index >= 15 is 0 Å². The number of rotatable bonds is 8. The van der Waals surface area contributed by atoms with Crippen LogP contribution in [0.5, 0.6) is 5.75 Å². The molecule has 0 spiro atoms. The Morgan fingerprint density at radius 2 is 1.51 bits per heavy atom. The Labute approximate surface area is 215 Å². The second kappa shape index (κ2) is 10.8. The Balaban J connectivity index is 1.55. The monoisotopic (exact) mass is 487 g/mol. The fraction of sp³-hybridized carbons (Fsp3) is 0.0625. The van der Waals surface area contributed by atoms with Crippen LogP contribution >= 0.6 is 0 Å². The summed E-state index contributed by atoms with van der Waals surface area (Å²) in [4.78, 5) is 30.7. The van der Waals surface area contributed by atoms with Gasteiger partial charge < -0.3 is 14.5 Å².